The predicted octanol–water partition coefficient (Wildman–Crippen LogP) is 14.9. The van der Waals surface area contributed by atoms with Gasteiger partial charge in [0, 0.05) is 19.6 Å². The molecule has 8 nitrogen and oxygen atoms in total. The Balaban J connectivity index is 4.03. The van der Waals surface area contributed by atoms with Gasteiger partial charge in [0.1, 0.15) is 6.10 Å². The lowest BCUT2D eigenvalue weighted by molar-refractivity contribution is -0.154. The van der Waals surface area contributed by atoms with Crippen molar-refractivity contribution in [2.24, 2.45) is 5.73 Å². The molecule has 0 rings (SSSR count). The lowest BCUT2D eigenvalue weighted by atomic mass is 10.1. The first-order valence-electron chi connectivity index (χ1n) is 24.3. The van der Waals surface area contributed by atoms with Crippen molar-refractivity contribution in [2.75, 3.05) is 33.0 Å². The van der Waals surface area contributed by atoms with E-state index in [9.17, 15) is 14.3 Å². The average Bonchev–Trinajstić information content (AvgIpc) is 3.23. The molecular weight excluding hydrogens is 758 g/mol. The van der Waals surface area contributed by atoms with E-state index in [0.717, 1.165) is 64.2 Å². The fourth-order valence-electron chi connectivity index (χ4n) is 6.56. The summed E-state index contributed by atoms with van der Waals surface area (Å²) in [5, 5.41) is 0. The zero-order chi connectivity index (χ0) is 43.0. The second-order valence-electron chi connectivity index (χ2n) is 16.0. The van der Waals surface area contributed by atoms with E-state index in [2.05, 4.69) is 74.6 Å². The molecule has 0 spiro atoms. The van der Waals surface area contributed by atoms with E-state index < -0.39 is 13.9 Å². The fraction of sp³-hybridized carbons (Fsp3) is 0.780. The summed E-state index contributed by atoms with van der Waals surface area (Å²) in [5.41, 5.74) is 5.38. The normalized spacial score (nSPS) is 13.9. The Morgan fingerprint density at radius 1 is 0.508 bits per heavy atom. The molecule has 0 aromatic heterocycles. The first-order chi connectivity index (χ1) is 28.9. The molecule has 0 aromatic rings. The largest absolute Gasteiger partial charge is 0.472 e. The Morgan fingerprint density at radius 3 is 1.36 bits per heavy atom. The highest BCUT2D eigenvalue weighted by Crippen LogP contribution is 2.43. The SMILES string of the molecule is CCCCCC/C=C\C/C=C\CCCCCCCCCCOCC(COP(=O)(O)OCCN)OC(=O)CCCCCCCC/C=C\C/C=C\C/C=C\CCCCCCC. The van der Waals surface area contributed by atoms with Crippen molar-refractivity contribution in [1.29, 1.82) is 0 Å². The highest BCUT2D eigenvalue weighted by atomic mass is 31.2. The van der Waals surface area contributed by atoms with Gasteiger partial charge in [-0.15, -0.1) is 0 Å². The Kier molecular flexibility index (Phi) is 45.8. The smallest absolute Gasteiger partial charge is 0.457 e. The number of esters is 1. The van der Waals surface area contributed by atoms with E-state index in [1.165, 1.54) is 128 Å². The molecule has 0 aromatic carbocycles. The summed E-state index contributed by atoms with van der Waals surface area (Å²) in [5.74, 6) is -0.345. The summed E-state index contributed by atoms with van der Waals surface area (Å²) in [6.07, 6.45) is 58.1. The van der Waals surface area contributed by atoms with Gasteiger partial charge < -0.3 is 20.1 Å². The number of carbonyl (C=O) groups excluding carboxylic acids is 1. The van der Waals surface area contributed by atoms with Crippen molar-refractivity contribution in [3.05, 3.63) is 60.8 Å². The summed E-state index contributed by atoms with van der Waals surface area (Å²) in [4.78, 5) is 22.6. The number of phosphoric ester groups is 1. The summed E-state index contributed by atoms with van der Waals surface area (Å²) >= 11 is 0. The molecule has 2 unspecified atom stereocenters. The second kappa shape index (κ2) is 47.3. The molecule has 0 bridgehead atoms. The maximum absolute atomic E-state index is 12.6. The molecule has 0 fully saturated rings. The van der Waals surface area contributed by atoms with Crippen LogP contribution in [0, 0.1) is 0 Å². The van der Waals surface area contributed by atoms with Crippen LogP contribution >= 0.6 is 7.82 Å². The van der Waals surface area contributed by atoms with Gasteiger partial charge in [-0.1, -0.05) is 184 Å². The Bertz CT molecular complexity index is 1090. The number of carbonyl (C=O) groups is 1. The van der Waals surface area contributed by atoms with E-state index in [0.29, 0.717) is 13.0 Å². The van der Waals surface area contributed by atoms with Crippen LogP contribution in [0.15, 0.2) is 60.8 Å². The highest BCUT2D eigenvalue weighted by Gasteiger charge is 2.25. The van der Waals surface area contributed by atoms with Crippen LogP contribution in [0.3, 0.4) is 0 Å². The number of rotatable bonds is 46. The molecule has 0 aliphatic heterocycles. The zero-order valence-corrected chi connectivity index (χ0v) is 39.1. The minimum absolute atomic E-state index is 0.0946. The first-order valence-corrected chi connectivity index (χ1v) is 25.8. The van der Waals surface area contributed by atoms with Crippen LogP contribution in [0.1, 0.15) is 213 Å². The van der Waals surface area contributed by atoms with E-state index in [-0.39, 0.29) is 32.3 Å². The van der Waals surface area contributed by atoms with Crippen LogP contribution in [0.25, 0.3) is 0 Å². The Morgan fingerprint density at radius 2 is 0.898 bits per heavy atom. The van der Waals surface area contributed by atoms with Gasteiger partial charge in [0.25, 0.3) is 0 Å². The fourth-order valence-corrected chi connectivity index (χ4v) is 7.33. The maximum Gasteiger partial charge on any atom is 0.472 e. The van der Waals surface area contributed by atoms with Crippen LogP contribution in [0.2, 0.25) is 0 Å². The van der Waals surface area contributed by atoms with Crippen LogP contribution < -0.4 is 5.73 Å². The molecule has 0 amide bonds. The summed E-state index contributed by atoms with van der Waals surface area (Å²) in [7, 11) is -4.29. The zero-order valence-electron chi connectivity index (χ0n) is 38.2. The van der Waals surface area contributed by atoms with Gasteiger partial charge in [0.15, 0.2) is 0 Å². The molecular formula is C50H92NO7P. The summed E-state index contributed by atoms with van der Waals surface area (Å²) < 4.78 is 33.5. The number of ether oxygens (including phenoxy) is 2. The minimum atomic E-state index is -4.29. The summed E-state index contributed by atoms with van der Waals surface area (Å²) in [6, 6.07) is 0. The van der Waals surface area contributed by atoms with Crippen molar-refractivity contribution < 1.29 is 32.8 Å². The van der Waals surface area contributed by atoms with Crippen LogP contribution in [-0.2, 0) is 27.9 Å². The quantitative estimate of drug-likeness (QED) is 0.0269. The number of unbranched alkanes of at least 4 members (excludes halogenated alkanes) is 23. The molecule has 9 heteroatoms. The van der Waals surface area contributed by atoms with Gasteiger partial charge in [0.05, 0.1) is 19.8 Å². The third-order valence-electron chi connectivity index (χ3n) is 10.2. The van der Waals surface area contributed by atoms with Crippen LogP contribution in [-0.4, -0.2) is 49.9 Å². The minimum Gasteiger partial charge on any atom is -0.457 e. The first kappa shape index (κ1) is 57.2. The van der Waals surface area contributed by atoms with Gasteiger partial charge in [-0.05, 0) is 83.5 Å². The number of allylic oxidation sites excluding steroid dienone is 10. The number of hydrogen-bond acceptors (Lipinski definition) is 7. The van der Waals surface area contributed by atoms with Crippen LogP contribution in [0.4, 0.5) is 0 Å². The predicted molar refractivity (Wildman–Crippen MR) is 252 cm³/mol. The second-order valence-corrected chi connectivity index (χ2v) is 17.4. The molecule has 0 aliphatic carbocycles. The van der Waals surface area contributed by atoms with E-state index >= 15 is 0 Å². The van der Waals surface area contributed by atoms with Gasteiger partial charge in [0.2, 0.25) is 0 Å². The molecule has 0 heterocycles. The lowest BCUT2D eigenvalue weighted by Gasteiger charge is -2.20. The molecule has 3 N–H and O–H groups in total. The van der Waals surface area contributed by atoms with Gasteiger partial charge in [-0.25, -0.2) is 4.57 Å². The number of nitrogens with two attached hydrogens (primary N) is 1. The highest BCUT2D eigenvalue weighted by molar-refractivity contribution is 7.47. The van der Waals surface area contributed by atoms with Crippen molar-refractivity contribution in [2.45, 2.75) is 219 Å². The molecule has 2 atom stereocenters. The third kappa shape index (κ3) is 47.1. The van der Waals surface area contributed by atoms with Crippen molar-refractivity contribution in [3.8, 4) is 0 Å². The van der Waals surface area contributed by atoms with Crippen LogP contribution in [0.5, 0.6) is 0 Å². The number of phosphoric acid groups is 1. The van der Waals surface area contributed by atoms with E-state index in [1.807, 2.05) is 0 Å². The van der Waals surface area contributed by atoms with Gasteiger partial charge in [-0.3, -0.25) is 13.8 Å². The molecule has 59 heavy (non-hydrogen) atoms. The molecule has 0 radical (unpaired) electrons. The van der Waals surface area contributed by atoms with Gasteiger partial charge >= 0.3 is 13.8 Å². The lowest BCUT2D eigenvalue weighted by Crippen LogP contribution is -2.28. The van der Waals surface area contributed by atoms with Crippen molar-refractivity contribution in [3.63, 3.8) is 0 Å². The molecule has 0 aliphatic rings. The maximum atomic E-state index is 12.6. The summed E-state index contributed by atoms with van der Waals surface area (Å²) in [6.45, 7) is 4.87. The molecule has 344 valence electrons. The monoisotopic (exact) mass is 850 g/mol. The van der Waals surface area contributed by atoms with Crippen molar-refractivity contribution >= 4 is 13.8 Å². The number of hydrogen-bond donors (Lipinski definition) is 2. The van der Waals surface area contributed by atoms with Crippen molar-refractivity contribution in [1.82, 2.24) is 0 Å². The Labute approximate surface area is 363 Å². The topological polar surface area (TPSA) is 117 Å². The standard InChI is InChI=1S/C50H92NO7P/c1-3-5-7-9-11-13-15-17-19-21-23-24-25-27-29-31-33-35-37-39-41-43-50(52)58-49(48-57-59(53,54)56-46-44-51)47-55-45-42-40-38-36-34-32-30-28-26-22-20-18-16-14-12-10-8-6-4-2/h14-17,20-23,25,27,49H,3-13,18-19,24,26,28-48,51H2,1-2H3,(H,53,54)/b16-14-,17-15-,22-20-,23-21-,27-25-. The van der Waals surface area contributed by atoms with Gasteiger partial charge in [-0.2, -0.15) is 0 Å². The van der Waals surface area contributed by atoms with E-state index in [1.54, 1.807) is 0 Å². The third-order valence-corrected chi connectivity index (χ3v) is 11.1. The van der Waals surface area contributed by atoms with E-state index in [4.69, 9.17) is 24.3 Å². The molecule has 0 saturated carbocycles. The Hall–Kier alpha value is -1.80. The average molecular weight is 850 g/mol. The molecule has 0 saturated heterocycles.